The second-order valence-electron chi connectivity index (χ2n) is 5.35. The van der Waals surface area contributed by atoms with Gasteiger partial charge in [0.15, 0.2) is 6.61 Å². The van der Waals surface area contributed by atoms with E-state index in [1.165, 1.54) is 24.8 Å². The monoisotopic (exact) mass is 260 g/mol. The van der Waals surface area contributed by atoms with Gasteiger partial charge in [0.05, 0.1) is 5.69 Å². The lowest BCUT2D eigenvalue weighted by Gasteiger charge is -2.23. The molecule has 2 aliphatic heterocycles. The Morgan fingerprint density at radius 3 is 3.11 bits per heavy atom. The van der Waals surface area contributed by atoms with Gasteiger partial charge in [-0.3, -0.25) is 4.79 Å². The number of carbonyl (C=O) groups is 1. The fraction of sp³-hybridized carbons (Fsp3) is 0.533. The highest BCUT2D eigenvalue weighted by Gasteiger charge is 2.17. The molecule has 3 rings (SSSR count). The topological polar surface area (TPSA) is 50.4 Å². The quantitative estimate of drug-likeness (QED) is 0.875. The van der Waals surface area contributed by atoms with Crippen LogP contribution in [0.2, 0.25) is 0 Å². The zero-order valence-corrected chi connectivity index (χ0v) is 11.1. The Hall–Kier alpha value is -1.55. The average Bonchev–Trinajstić information content (AvgIpc) is 2.46. The molecule has 2 heterocycles. The van der Waals surface area contributed by atoms with E-state index in [-0.39, 0.29) is 12.5 Å². The van der Waals surface area contributed by atoms with E-state index in [2.05, 4.69) is 16.7 Å². The molecule has 1 saturated heterocycles. The lowest BCUT2D eigenvalue weighted by atomic mass is 9.97. The molecule has 4 heteroatoms. The minimum absolute atomic E-state index is 0.0707. The maximum atomic E-state index is 11.3. The van der Waals surface area contributed by atoms with E-state index in [0.717, 1.165) is 30.8 Å². The predicted molar refractivity (Wildman–Crippen MR) is 74.5 cm³/mol. The number of fused-ring (bicyclic) bond motifs is 1. The van der Waals surface area contributed by atoms with Crippen LogP contribution in [-0.2, 0) is 11.2 Å². The van der Waals surface area contributed by atoms with Crippen LogP contribution < -0.4 is 15.4 Å². The normalized spacial score (nSPS) is 22.3. The summed E-state index contributed by atoms with van der Waals surface area (Å²) >= 11 is 0. The van der Waals surface area contributed by atoms with Crippen molar-refractivity contribution in [2.75, 3.05) is 18.5 Å². The standard InChI is InChI=1S/C15H20N2O2/c18-15-10-19-14-7-5-11(9-13(14)17-15)4-6-12-3-1-2-8-16-12/h5,7,9,12,16H,1-4,6,8,10H2,(H,17,18). The first-order valence-electron chi connectivity index (χ1n) is 7.10. The summed E-state index contributed by atoms with van der Waals surface area (Å²) in [6.07, 6.45) is 6.13. The molecule has 102 valence electrons. The van der Waals surface area contributed by atoms with Crippen molar-refractivity contribution in [3.63, 3.8) is 0 Å². The van der Waals surface area contributed by atoms with Crippen molar-refractivity contribution in [2.45, 2.75) is 38.1 Å². The molecular weight excluding hydrogens is 240 g/mol. The second-order valence-corrected chi connectivity index (χ2v) is 5.35. The summed E-state index contributed by atoms with van der Waals surface area (Å²) in [4.78, 5) is 11.3. The van der Waals surface area contributed by atoms with E-state index in [9.17, 15) is 4.79 Å². The largest absolute Gasteiger partial charge is 0.482 e. The molecule has 2 N–H and O–H groups in total. The summed E-state index contributed by atoms with van der Waals surface area (Å²) in [5.41, 5.74) is 2.07. The Kier molecular flexibility index (Phi) is 3.69. The molecule has 0 aromatic heterocycles. The maximum absolute atomic E-state index is 11.3. The van der Waals surface area contributed by atoms with Gasteiger partial charge in [-0.2, -0.15) is 0 Å². The molecule has 0 saturated carbocycles. The molecule has 1 fully saturated rings. The number of rotatable bonds is 3. The summed E-state index contributed by atoms with van der Waals surface area (Å²) < 4.78 is 5.36. The van der Waals surface area contributed by atoms with Crippen molar-refractivity contribution in [1.29, 1.82) is 0 Å². The van der Waals surface area contributed by atoms with Gasteiger partial charge in [-0.15, -0.1) is 0 Å². The van der Waals surface area contributed by atoms with E-state index in [1.807, 2.05) is 12.1 Å². The van der Waals surface area contributed by atoms with Crippen molar-refractivity contribution in [2.24, 2.45) is 0 Å². The van der Waals surface area contributed by atoms with Crippen LogP contribution in [0.5, 0.6) is 5.75 Å². The zero-order chi connectivity index (χ0) is 13.1. The molecular formula is C15H20N2O2. The second kappa shape index (κ2) is 5.61. The Morgan fingerprint density at radius 1 is 1.32 bits per heavy atom. The van der Waals surface area contributed by atoms with Gasteiger partial charge in [0.1, 0.15) is 5.75 Å². The lowest BCUT2D eigenvalue weighted by molar-refractivity contribution is -0.118. The highest BCUT2D eigenvalue weighted by Crippen LogP contribution is 2.29. The summed E-state index contributed by atoms with van der Waals surface area (Å²) in [5, 5.41) is 6.42. The van der Waals surface area contributed by atoms with E-state index >= 15 is 0 Å². The van der Waals surface area contributed by atoms with Gasteiger partial charge in [-0.05, 0) is 49.9 Å². The third kappa shape index (κ3) is 3.07. The summed E-state index contributed by atoms with van der Waals surface area (Å²) in [6.45, 7) is 1.27. The molecule has 1 amide bonds. The van der Waals surface area contributed by atoms with Crippen LogP contribution in [0.3, 0.4) is 0 Å². The molecule has 1 unspecified atom stereocenters. The van der Waals surface area contributed by atoms with Gasteiger partial charge in [0.2, 0.25) is 0 Å². The molecule has 1 atom stereocenters. The fourth-order valence-corrected chi connectivity index (χ4v) is 2.80. The van der Waals surface area contributed by atoms with Crippen LogP contribution in [0.15, 0.2) is 18.2 Å². The number of amides is 1. The van der Waals surface area contributed by atoms with Gasteiger partial charge in [0, 0.05) is 6.04 Å². The number of nitrogens with one attached hydrogen (secondary N) is 2. The van der Waals surface area contributed by atoms with Crippen LogP contribution in [0.25, 0.3) is 0 Å². The Labute approximate surface area is 113 Å². The zero-order valence-electron chi connectivity index (χ0n) is 11.1. The van der Waals surface area contributed by atoms with Crippen molar-refractivity contribution < 1.29 is 9.53 Å². The first kappa shape index (κ1) is 12.5. The third-order valence-electron chi connectivity index (χ3n) is 3.87. The Bertz CT molecular complexity index is 467. The van der Waals surface area contributed by atoms with Gasteiger partial charge in [-0.25, -0.2) is 0 Å². The fourth-order valence-electron chi connectivity index (χ4n) is 2.80. The molecule has 0 bridgehead atoms. The van der Waals surface area contributed by atoms with Crippen molar-refractivity contribution in [1.82, 2.24) is 5.32 Å². The number of hydrogen-bond donors (Lipinski definition) is 2. The van der Waals surface area contributed by atoms with E-state index in [1.54, 1.807) is 0 Å². The minimum atomic E-state index is -0.0707. The predicted octanol–water partition coefficient (Wildman–Crippen LogP) is 2.09. The number of hydrogen-bond acceptors (Lipinski definition) is 3. The van der Waals surface area contributed by atoms with Crippen LogP contribution in [0.4, 0.5) is 5.69 Å². The van der Waals surface area contributed by atoms with E-state index < -0.39 is 0 Å². The number of aryl methyl sites for hydroxylation is 1. The minimum Gasteiger partial charge on any atom is -0.482 e. The lowest BCUT2D eigenvalue weighted by Crippen LogP contribution is -2.34. The molecule has 1 aromatic rings. The van der Waals surface area contributed by atoms with Gasteiger partial charge >= 0.3 is 0 Å². The van der Waals surface area contributed by atoms with Gasteiger partial charge in [0.25, 0.3) is 5.91 Å². The van der Waals surface area contributed by atoms with Crippen molar-refractivity contribution in [3.05, 3.63) is 23.8 Å². The van der Waals surface area contributed by atoms with Crippen LogP contribution in [-0.4, -0.2) is 25.1 Å². The molecule has 0 aliphatic carbocycles. The average molecular weight is 260 g/mol. The summed E-state index contributed by atoms with van der Waals surface area (Å²) in [5.74, 6) is 0.706. The summed E-state index contributed by atoms with van der Waals surface area (Å²) in [7, 11) is 0. The number of piperidine rings is 1. The van der Waals surface area contributed by atoms with Crippen molar-refractivity contribution >= 4 is 11.6 Å². The Balaban J connectivity index is 1.61. The smallest absolute Gasteiger partial charge is 0.262 e. The number of carbonyl (C=O) groups excluding carboxylic acids is 1. The first-order valence-corrected chi connectivity index (χ1v) is 7.10. The van der Waals surface area contributed by atoms with E-state index in [0.29, 0.717) is 6.04 Å². The van der Waals surface area contributed by atoms with Crippen LogP contribution in [0.1, 0.15) is 31.2 Å². The first-order chi connectivity index (χ1) is 9.31. The van der Waals surface area contributed by atoms with Crippen LogP contribution in [0, 0.1) is 0 Å². The van der Waals surface area contributed by atoms with Gasteiger partial charge < -0.3 is 15.4 Å². The summed E-state index contributed by atoms with van der Waals surface area (Å²) in [6, 6.07) is 6.74. The number of anilines is 1. The molecule has 1 aromatic carbocycles. The van der Waals surface area contributed by atoms with Crippen LogP contribution >= 0.6 is 0 Å². The number of benzene rings is 1. The number of ether oxygens (including phenoxy) is 1. The third-order valence-corrected chi connectivity index (χ3v) is 3.87. The molecule has 0 radical (unpaired) electrons. The Morgan fingerprint density at radius 2 is 2.26 bits per heavy atom. The van der Waals surface area contributed by atoms with Crippen molar-refractivity contribution in [3.8, 4) is 5.75 Å². The van der Waals surface area contributed by atoms with Gasteiger partial charge in [-0.1, -0.05) is 12.5 Å². The highest BCUT2D eigenvalue weighted by molar-refractivity contribution is 5.95. The molecule has 2 aliphatic rings. The molecule has 4 nitrogen and oxygen atoms in total. The van der Waals surface area contributed by atoms with E-state index in [4.69, 9.17) is 4.74 Å². The maximum Gasteiger partial charge on any atom is 0.262 e. The molecule has 19 heavy (non-hydrogen) atoms. The molecule has 0 spiro atoms. The highest BCUT2D eigenvalue weighted by atomic mass is 16.5. The SMILES string of the molecule is O=C1COc2ccc(CCC3CCCCN3)cc2N1.